The van der Waals surface area contributed by atoms with E-state index in [9.17, 15) is 9.18 Å². The number of hydrogen-bond acceptors (Lipinski definition) is 3. The van der Waals surface area contributed by atoms with Crippen LogP contribution in [-0.2, 0) is 11.3 Å². The molecule has 1 saturated carbocycles. The van der Waals surface area contributed by atoms with E-state index in [0.717, 1.165) is 11.5 Å². The van der Waals surface area contributed by atoms with Crippen LogP contribution in [0.4, 0.5) is 4.39 Å². The second kappa shape index (κ2) is 7.55. The quantitative estimate of drug-likeness (QED) is 0.842. The van der Waals surface area contributed by atoms with Crippen molar-refractivity contribution in [2.24, 2.45) is 5.92 Å². The predicted octanol–water partition coefficient (Wildman–Crippen LogP) is 3.67. The smallest absolute Gasteiger partial charge is 0.340 e. The maximum atomic E-state index is 13.8. The lowest BCUT2D eigenvalue weighted by Crippen LogP contribution is -2.34. The van der Waals surface area contributed by atoms with Crippen LogP contribution < -0.4 is 5.32 Å². The van der Waals surface area contributed by atoms with Crippen molar-refractivity contribution in [2.45, 2.75) is 51.6 Å². The number of nitrogens with one attached hydrogen (secondary N) is 1. The van der Waals surface area contributed by atoms with Gasteiger partial charge in [-0.1, -0.05) is 25.3 Å². The maximum absolute atomic E-state index is 13.8. The fourth-order valence-electron chi connectivity index (χ4n) is 3.02. The number of esters is 1. The number of methoxy groups -OCH3 is 1. The molecular formula is C17H24FNO2. The first-order chi connectivity index (χ1) is 10.1. The first-order valence-electron chi connectivity index (χ1n) is 7.72. The highest BCUT2D eigenvalue weighted by Crippen LogP contribution is 2.26. The molecule has 4 heteroatoms. The van der Waals surface area contributed by atoms with Crippen LogP contribution in [0, 0.1) is 11.7 Å². The van der Waals surface area contributed by atoms with Crippen LogP contribution in [0.3, 0.4) is 0 Å². The molecule has 1 aliphatic carbocycles. The van der Waals surface area contributed by atoms with Crippen molar-refractivity contribution < 1.29 is 13.9 Å². The molecule has 1 fully saturated rings. The Kier molecular flexibility index (Phi) is 5.74. The monoisotopic (exact) mass is 293 g/mol. The molecule has 3 nitrogen and oxygen atoms in total. The molecule has 116 valence electrons. The van der Waals surface area contributed by atoms with Gasteiger partial charge in [0.2, 0.25) is 0 Å². The summed E-state index contributed by atoms with van der Waals surface area (Å²) < 4.78 is 18.4. The molecule has 0 saturated heterocycles. The summed E-state index contributed by atoms with van der Waals surface area (Å²) in [6.07, 6.45) is 6.55. The van der Waals surface area contributed by atoms with Crippen molar-refractivity contribution in [1.82, 2.24) is 5.32 Å². The minimum atomic E-state index is -0.636. The Morgan fingerprint density at radius 1 is 1.38 bits per heavy atom. The van der Waals surface area contributed by atoms with Crippen molar-refractivity contribution in [3.63, 3.8) is 0 Å². The Morgan fingerprint density at radius 2 is 2.10 bits per heavy atom. The molecule has 1 aromatic carbocycles. The van der Waals surface area contributed by atoms with Crippen LogP contribution in [-0.4, -0.2) is 19.1 Å². The van der Waals surface area contributed by atoms with E-state index < -0.39 is 11.8 Å². The van der Waals surface area contributed by atoms with E-state index in [1.165, 1.54) is 51.3 Å². The third-order valence-electron chi connectivity index (χ3n) is 4.42. The zero-order valence-electron chi connectivity index (χ0n) is 12.8. The van der Waals surface area contributed by atoms with E-state index in [0.29, 0.717) is 12.6 Å². The highest BCUT2D eigenvalue weighted by Gasteiger charge is 2.19. The number of carbonyl (C=O) groups is 1. The number of halogens is 1. The van der Waals surface area contributed by atoms with Gasteiger partial charge in [0.1, 0.15) is 5.82 Å². The van der Waals surface area contributed by atoms with Gasteiger partial charge in [-0.05, 0) is 43.4 Å². The average molecular weight is 293 g/mol. The summed E-state index contributed by atoms with van der Waals surface area (Å²) in [6.45, 7) is 2.82. The molecule has 1 aromatic rings. The van der Waals surface area contributed by atoms with Gasteiger partial charge in [-0.15, -0.1) is 0 Å². The van der Waals surface area contributed by atoms with E-state index in [4.69, 9.17) is 0 Å². The van der Waals surface area contributed by atoms with Crippen molar-refractivity contribution in [2.75, 3.05) is 7.11 Å². The van der Waals surface area contributed by atoms with Gasteiger partial charge in [0.05, 0.1) is 12.7 Å². The fraction of sp³-hybridized carbons (Fsp3) is 0.588. The Bertz CT molecular complexity index is 484. The highest BCUT2D eigenvalue weighted by atomic mass is 19.1. The maximum Gasteiger partial charge on any atom is 0.340 e. The first-order valence-corrected chi connectivity index (χ1v) is 7.72. The van der Waals surface area contributed by atoms with Crippen molar-refractivity contribution >= 4 is 5.97 Å². The van der Waals surface area contributed by atoms with E-state index in [-0.39, 0.29) is 5.56 Å². The van der Waals surface area contributed by atoms with Crippen LogP contribution >= 0.6 is 0 Å². The zero-order valence-corrected chi connectivity index (χ0v) is 12.8. The van der Waals surface area contributed by atoms with Gasteiger partial charge < -0.3 is 10.1 Å². The van der Waals surface area contributed by atoms with Gasteiger partial charge >= 0.3 is 5.97 Å². The largest absolute Gasteiger partial charge is 0.465 e. The molecule has 0 spiro atoms. The summed E-state index contributed by atoms with van der Waals surface area (Å²) in [5.74, 6) is -0.438. The molecule has 0 bridgehead atoms. The van der Waals surface area contributed by atoms with Crippen LogP contribution in [0.15, 0.2) is 18.2 Å². The van der Waals surface area contributed by atoms with Gasteiger partial charge in [0.25, 0.3) is 0 Å². The Balaban J connectivity index is 1.91. The van der Waals surface area contributed by atoms with Crippen LogP contribution in [0.1, 0.15) is 54.9 Å². The lowest BCUT2D eigenvalue weighted by molar-refractivity contribution is 0.0595. The van der Waals surface area contributed by atoms with E-state index in [2.05, 4.69) is 17.0 Å². The summed E-state index contributed by atoms with van der Waals surface area (Å²) in [7, 11) is 1.25. The number of hydrogen-bond donors (Lipinski definition) is 1. The van der Waals surface area contributed by atoms with Crippen LogP contribution in [0.2, 0.25) is 0 Å². The topological polar surface area (TPSA) is 38.3 Å². The van der Waals surface area contributed by atoms with Gasteiger partial charge in [-0.3, -0.25) is 0 Å². The summed E-state index contributed by atoms with van der Waals surface area (Å²) >= 11 is 0. The van der Waals surface area contributed by atoms with Crippen LogP contribution in [0.5, 0.6) is 0 Å². The average Bonchev–Trinajstić information content (AvgIpc) is 2.52. The second-order valence-corrected chi connectivity index (χ2v) is 5.87. The fourth-order valence-corrected chi connectivity index (χ4v) is 3.02. The molecule has 0 radical (unpaired) electrons. The van der Waals surface area contributed by atoms with Gasteiger partial charge in [-0.2, -0.15) is 0 Å². The minimum Gasteiger partial charge on any atom is -0.465 e. The first kappa shape index (κ1) is 16.0. The summed E-state index contributed by atoms with van der Waals surface area (Å²) in [4.78, 5) is 11.3. The minimum absolute atomic E-state index is 0.0124. The zero-order chi connectivity index (χ0) is 15.2. The third kappa shape index (κ3) is 4.27. The summed E-state index contributed by atoms with van der Waals surface area (Å²) in [6, 6.07) is 5.11. The molecule has 2 rings (SSSR count). The van der Waals surface area contributed by atoms with Gasteiger partial charge in [0.15, 0.2) is 0 Å². The van der Waals surface area contributed by atoms with Crippen LogP contribution in [0.25, 0.3) is 0 Å². The lowest BCUT2D eigenvalue weighted by atomic mass is 9.84. The molecule has 1 N–H and O–H groups in total. The number of ether oxygens (including phenoxy) is 1. The molecule has 1 unspecified atom stereocenters. The molecule has 1 aliphatic rings. The Morgan fingerprint density at radius 3 is 2.71 bits per heavy atom. The Labute approximate surface area is 125 Å². The number of rotatable bonds is 5. The number of carbonyl (C=O) groups excluding carboxylic acids is 1. The van der Waals surface area contributed by atoms with Gasteiger partial charge in [-0.25, -0.2) is 9.18 Å². The second-order valence-electron chi connectivity index (χ2n) is 5.87. The van der Waals surface area contributed by atoms with Crippen molar-refractivity contribution in [1.29, 1.82) is 0 Å². The molecular weight excluding hydrogens is 269 g/mol. The van der Waals surface area contributed by atoms with Crippen molar-refractivity contribution in [3.05, 3.63) is 35.1 Å². The molecule has 0 aromatic heterocycles. The lowest BCUT2D eigenvalue weighted by Gasteiger charge is -2.28. The standard InChI is InChI=1S/C17H24FNO2/c1-12(14-6-4-3-5-7-14)19-11-13-8-9-15(16(18)10-13)17(20)21-2/h8-10,12,14,19H,3-7,11H2,1-2H3. The Hall–Kier alpha value is -1.42. The third-order valence-corrected chi connectivity index (χ3v) is 4.42. The number of benzene rings is 1. The molecule has 0 aliphatic heterocycles. The molecule has 21 heavy (non-hydrogen) atoms. The SMILES string of the molecule is COC(=O)c1ccc(CNC(C)C2CCCCC2)cc1F. The van der Waals surface area contributed by atoms with Gasteiger partial charge in [0, 0.05) is 12.6 Å². The predicted molar refractivity (Wildman–Crippen MR) is 80.6 cm³/mol. The molecule has 0 heterocycles. The van der Waals surface area contributed by atoms with E-state index >= 15 is 0 Å². The molecule has 0 amide bonds. The van der Waals surface area contributed by atoms with E-state index in [1.54, 1.807) is 6.07 Å². The van der Waals surface area contributed by atoms with Crippen molar-refractivity contribution in [3.8, 4) is 0 Å². The van der Waals surface area contributed by atoms with E-state index in [1.807, 2.05) is 0 Å². The normalized spacial score (nSPS) is 17.5. The summed E-state index contributed by atoms with van der Waals surface area (Å²) in [5, 5.41) is 3.48. The highest BCUT2D eigenvalue weighted by molar-refractivity contribution is 5.89. The molecule has 1 atom stereocenters. The summed E-state index contributed by atoms with van der Waals surface area (Å²) in [5.41, 5.74) is 0.837.